The molecule has 1 aromatic carbocycles. The molecule has 0 radical (unpaired) electrons. The summed E-state index contributed by atoms with van der Waals surface area (Å²) in [4.78, 5) is 11.0. The van der Waals surface area contributed by atoms with E-state index in [2.05, 4.69) is 0 Å². The van der Waals surface area contributed by atoms with Crippen LogP contribution in [0.15, 0.2) is 23.1 Å². The number of primary sulfonamides is 1. The van der Waals surface area contributed by atoms with Crippen LogP contribution >= 0.6 is 11.6 Å². The van der Waals surface area contributed by atoms with E-state index >= 15 is 0 Å². The number of rotatable bonds is 5. The van der Waals surface area contributed by atoms with Crippen LogP contribution in [0.3, 0.4) is 0 Å². The Labute approximate surface area is 122 Å². The van der Waals surface area contributed by atoms with Gasteiger partial charge < -0.3 is 5.32 Å². The molecule has 0 saturated heterocycles. The predicted molar refractivity (Wildman–Crippen MR) is 66.1 cm³/mol. The van der Waals surface area contributed by atoms with Crippen LogP contribution < -0.4 is 10.5 Å². The molecular formula is C10H9ClF4N2O3S. The van der Waals surface area contributed by atoms with E-state index in [9.17, 15) is 30.8 Å². The van der Waals surface area contributed by atoms with Crippen molar-refractivity contribution in [2.75, 3.05) is 6.54 Å². The molecule has 5 nitrogen and oxygen atoms in total. The number of hydrogen-bond donors (Lipinski definition) is 2. The maximum Gasteiger partial charge on any atom is 0.324 e. The zero-order chi connectivity index (χ0) is 16.4. The topological polar surface area (TPSA) is 89.3 Å². The summed E-state index contributed by atoms with van der Waals surface area (Å²) in [5.74, 6) is -5.60. The van der Waals surface area contributed by atoms with E-state index < -0.39 is 45.3 Å². The van der Waals surface area contributed by atoms with Gasteiger partial charge >= 0.3 is 12.3 Å². The Bertz CT molecular complexity index is 652. The number of nitrogens with two attached hydrogens (primary N) is 1. The summed E-state index contributed by atoms with van der Waals surface area (Å²) in [6.45, 7) is -1.61. The van der Waals surface area contributed by atoms with Crippen LogP contribution in [0.25, 0.3) is 0 Å². The second-order valence-electron chi connectivity index (χ2n) is 3.97. The molecule has 0 aliphatic carbocycles. The number of nitrogens with one attached hydrogen (secondary N) is 1. The molecule has 0 heterocycles. The zero-order valence-corrected chi connectivity index (χ0v) is 11.7. The van der Waals surface area contributed by atoms with E-state index in [4.69, 9.17) is 16.7 Å². The highest BCUT2D eigenvalue weighted by Crippen LogP contribution is 2.22. The highest BCUT2D eigenvalue weighted by atomic mass is 35.5. The number of alkyl halides is 4. The normalized spacial score (nSPS) is 12.5. The Balaban J connectivity index is 2.97. The molecule has 1 amide bonds. The first-order chi connectivity index (χ1) is 9.43. The quantitative estimate of drug-likeness (QED) is 0.792. The van der Waals surface area contributed by atoms with Crippen molar-refractivity contribution in [2.45, 2.75) is 17.2 Å². The van der Waals surface area contributed by atoms with Gasteiger partial charge in [0.1, 0.15) is 0 Å². The fraction of sp³-hybridized carbons (Fsp3) is 0.300. The Hall–Kier alpha value is -1.39. The zero-order valence-electron chi connectivity index (χ0n) is 10.1. The van der Waals surface area contributed by atoms with Crippen molar-refractivity contribution < 1.29 is 30.8 Å². The van der Waals surface area contributed by atoms with E-state index in [0.717, 1.165) is 18.2 Å². The van der Waals surface area contributed by atoms with Gasteiger partial charge in [-0.2, -0.15) is 8.78 Å². The summed E-state index contributed by atoms with van der Waals surface area (Å²) in [6, 6.07) is 2.71. The van der Waals surface area contributed by atoms with Gasteiger partial charge in [-0.15, -0.1) is 0 Å². The molecular weight excluding hydrogens is 340 g/mol. The number of amides is 1. The van der Waals surface area contributed by atoms with Crippen molar-refractivity contribution in [3.05, 3.63) is 28.8 Å². The molecule has 0 aliphatic rings. The first kappa shape index (κ1) is 17.7. The van der Waals surface area contributed by atoms with Gasteiger partial charge in [0.25, 0.3) is 5.91 Å². The Morgan fingerprint density at radius 2 is 1.90 bits per heavy atom. The highest BCUT2D eigenvalue weighted by Gasteiger charge is 2.40. The number of sulfonamides is 1. The number of hydrogen-bond acceptors (Lipinski definition) is 3. The summed E-state index contributed by atoms with van der Waals surface area (Å²) < 4.78 is 71.5. The monoisotopic (exact) mass is 348 g/mol. The van der Waals surface area contributed by atoms with E-state index in [1.165, 1.54) is 0 Å². The Morgan fingerprint density at radius 1 is 1.33 bits per heavy atom. The molecule has 0 aromatic heterocycles. The minimum Gasteiger partial charge on any atom is -0.346 e. The minimum absolute atomic E-state index is 0.188. The van der Waals surface area contributed by atoms with E-state index in [0.29, 0.717) is 0 Å². The second kappa shape index (κ2) is 6.16. The van der Waals surface area contributed by atoms with Gasteiger partial charge in [0, 0.05) is 10.6 Å². The number of carbonyl (C=O) groups is 1. The summed E-state index contributed by atoms with van der Waals surface area (Å²) in [5.41, 5.74) is -0.406. The predicted octanol–water partition coefficient (Wildman–Crippen LogP) is 1.62. The van der Waals surface area contributed by atoms with Gasteiger partial charge in [-0.3, -0.25) is 4.79 Å². The van der Waals surface area contributed by atoms with Crippen LogP contribution in [0.4, 0.5) is 17.6 Å². The molecule has 118 valence electrons. The molecule has 1 rings (SSSR count). The van der Waals surface area contributed by atoms with Crippen LogP contribution in [0, 0.1) is 0 Å². The average Bonchev–Trinajstić information content (AvgIpc) is 2.34. The maximum absolute atomic E-state index is 12.7. The number of carbonyl (C=O) groups excluding carboxylic acids is 1. The van der Waals surface area contributed by atoms with Crippen molar-refractivity contribution in [3.63, 3.8) is 0 Å². The van der Waals surface area contributed by atoms with Gasteiger partial charge in [-0.1, -0.05) is 11.6 Å². The first-order valence-electron chi connectivity index (χ1n) is 5.21. The van der Waals surface area contributed by atoms with Crippen LogP contribution in [0.2, 0.25) is 5.02 Å². The lowest BCUT2D eigenvalue weighted by Gasteiger charge is -2.16. The van der Waals surface area contributed by atoms with Crippen molar-refractivity contribution in [2.24, 2.45) is 5.14 Å². The number of benzene rings is 1. The molecule has 0 fully saturated rings. The SMILES string of the molecule is NS(=O)(=O)c1cc(Cl)cc(C(=O)NCC(F)(F)C(F)F)c1. The van der Waals surface area contributed by atoms with Crippen molar-refractivity contribution in [3.8, 4) is 0 Å². The Morgan fingerprint density at radius 3 is 2.38 bits per heavy atom. The van der Waals surface area contributed by atoms with Gasteiger partial charge in [0.15, 0.2) is 0 Å². The molecule has 21 heavy (non-hydrogen) atoms. The molecule has 0 saturated carbocycles. The fourth-order valence-corrected chi connectivity index (χ4v) is 2.12. The highest BCUT2D eigenvalue weighted by molar-refractivity contribution is 7.89. The third kappa shape index (κ3) is 4.83. The largest absolute Gasteiger partial charge is 0.346 e. The molecule has 0 atom stereocenters. The van der Waals surface area contributed by atoms with Gasteiger partial charge in [-0.25, -0.2) is 22.3 Å². The summed E-state index contributed by atoms with van der Waals surface area (Å²) in [6.07, 6.45) is -3.95. The summed E-state index contributed by atoms with van der Waals surface area (Å²) in [5, 5.41) is 6.22. The molecule has 1 aromatic rings. The molecule has 0 bridgehead atoms. The average molecular weight is 349 g/mol. The number of halogens is 5. The molecule has 3 N–H and O–H groups in total. The van der Waals surface area contributed by atoms with E-state index in [1.54, 1.807) is 5.32 Å². The van der Waals surface area contributed by atoms with Crippen LogP contribution in [-0.2, 0) is 10.0 Å². The van der Waals surface area contributed by atoms with E-state index in [-0.39, 0.29) is 5.02 Å². The lowest BCUT2D eigenvalue weighted by molar-refractivity contribution is -0.123. The first-order valence-corrected chi connectivity index (χ1v) is 7.13. The van der Waals surface area contributed by atoms with E-state index in [1.807, 2.05) is 0 Å². The van der Waals surface area contributed by atoms with Crippen molar-refractivity contribution in [1.82, 2.24) is 5.32 Å². The Kier molecular flexibility index (Phi) is 5.18. The third-order valence-electron chi connectivity index (χ3n) is 2.27. The van der Waals surface area contributed by atoms with Gasteiger partial charge in [0.05, 0.1) is 11.4 Å². The summed E-state index contributed by atoms with van der Waals surface area (Å²) >= 11 is 5.57. The van der Waals surface area contributed by atoms with Crippen molar-refractivity contribution in [1.29, 1.82) is 0 Å². The van der Waals surface area contributed by atoms with Crippen LogP contribution in [0.5, 0.6) is 0 Å². The lowest BCUT2D eigenvalue weighted by Crippen LogP contribution is -2.41. The second-order valence-corrected chi connectivity index (χ2v) is 5.96. The van der Waals surface area contributed by atoms with Gasteiger partial charge in [-0.05, 0) is 18.2 Å². The van der Waals surface area contributed by atoms with Crippen LogP contribution in [0.1, 0.15) is 10.4 Å². The summed E-state index contributed by atoms with van der Waals surface area (Å²) in [7, 11) is -4.17. The standard InChI is InChI=1S/C10H9ClF4N2O3S/c11-6-1-5(2-7(3-6)21(16,19)20)8(18)17-4-10(14,15)9(12)13/h1-3,9H,4H2,(H,17,18)(H2,16,19,20). The smallest absolute Gasteiger partial charge is 0.324 e. The van der Waals surface area contributed by atoms with Crippen LogP contribution in [-0.4, -0.2) is 33.2 Å². The minimum atomic E-state index is -4.41. The molecule has 0 aliphatic heterocycles. The lowest BCUT2D eigenvalue weighted by atomic mass is 10.2. The third-order valence-corrected chi connectivity index (χ3v) is 3.38. The molecule has 11 heteroatoms. The van der Waals surface area contributed by atoms with Crippen molar-refractivity contribution >= 4 is 27.5 Å². The fourth-order valence-electron chi connectivity index (χ4n) is 1.24. The van der Waals surface area contributed by atoms with Gasteiger partial charge in [0.2, 0.25) is 10.0 Å². The maximum atomic E-state index is 12.7. The molecule has 0 spiro atoms. The molecule has 0 unspecified atom stereocenters.